The number of anilines is 2. The molecule has 1 amide bonds. The molecule has 0 radical (unpaired) electrons. The Hall–Kier alpha value is -2.61. The van der Waals surface area contributed by atoms with Crippen LogP contribution < -0.4 is 10.2 Å². The largest absolute Gasteiger partial charge is 0.378 e. The van der Waals surface area contributed by atoms with E-state index >= 15 is 0 Å². The molecule has 4 nitrogen and oxygen atoms in total. The highest BCUT2D eigenvalue weighted by Crippen LogP contribution is 2.25. The molecule has 0 aromatic heterocycles. The molecule has 0 bridgehead atoms. The highest BCUT2D eigenvalue weighted by molar-refractivity contribution is 6.04. The van der Waals surface area contributed by atoms with Crippen LogP contribution in [0.25, 0.3) is 0 Å². The molecule has 3 rings (SSSR count). The minimum atomic E-state index is -1.75. The lowest BCUT2D eigenvalue weighted by Crippen LogP contribution is -2.36. The van der Waals surface area contributed by atoms with Crippen LogP contribution in [0.2, 0.25) is 0 Å². The van der Waals surface area contributed by atoms with Gasteiger partial charge in [-0.15, -0.1) is 0 Å². The van der Waals surface area contributed by atoms with Crippen molar-refractivity contribution in [3.8, 4) is 0 Å². The van der Waals surface area contributed by atoms with Crippen LogP contribution in [0.15, 0.2) is 30.3 Å². The third-order valence-electron chi connectivity index (χ3n) is 3.85. The van der Waals surface area contributed by atoms with Gasteiger partial charge in [0, 0.05) is 18.8 Å². The first-order chi connectivity index (χ1) is 12.0. The maximum Gasteiger partial charge on any atom is 0.258 e. The van der Waals surface area contributed by atoms with E-state index in [2.05, 4.69) is 5.32 Å². The number of nitrogens with zero attached hydrogens (tertiary/aromatic N) is 1. The minimum absolute atomic E-state index is 0.182. The average molecular weight is 354 g/mol. The Balaban J connectivity index is 1.84. The second-order valence-corrected chi connectivity index (χ2v) is 5.44. The summed E-state index contributed by atoms with van der Waals surface area (Å²) in [5.41, 5.74) is -0.237. The van der Waals surface area contributed by atoms with Crippen LogP contribution in [0.3, 0.4) is 0 Å². The van der Waals surface area contributed by atoms with Gasteiger partial charge in [-0.3, -0.25) is 4.79 Å². The van der Waals surface area contributed by atoms with Gasteiger partial charge in [0.15, 0.2) is 17.5 Å². The number of amides is 1. The summed E-state index contributed by atoms with van der Waals surface area (Å²) >= 11 is 0. The summed E-state index contributed by atoms with van der Waals surface area (Å²) in [5.74, 6) is -6.59. The number of hydrogen-bond acceptors (Lipinski definition) is 3. The lowest BCUT2D eigenvalue weighted by atomic mass is 10.1. The summed E-state index contributed by atoms with van der Waals surface area (Å²) < 4.78 is 59.1. The van der Waals surface area contributed by atoms with Crippen molar-refractivity contribution in [3.63, 3.8) is 0 Å². The van der Waals surface area contributed by atoms with Crippen LogP contribution in [0, 0.1) is 23.3 Å². The zero-order chi connectivity index (χ0) is 18.0. The monoisotopic (exact) mass is 354 g/mol. The Bertz CT molecular complexity index is 807. The van der Waals surface area contributed by atoms with Gasteiger partial charge >= 0.3 is 0 Å². The molecule has 0 saturated carbocycles. The summed E-state index contributed by atoms with van der Waals surface area (Å²) in [7, 11) is 0. The van der Waals surface area contributed by atoms with Gasteiger partial charge in [0.25, 0.3) is 5.91 Å². The summed E-state index contributed by atoms with van der Waals surface area (Å²) in [4.78, 5) is 14.0. The van der Waals surface area contributed by atoms with Crippen molar-refractivity contribution < 1.29 is 27.1 Å². The quantitative estimate of drug-likeness (QED) is 0.679. The predicted octanol–water partition coefficient (Wildman–Crippen LogP) is 3.33. The Kier molecular flexibility index (Phi) is 4.89. The average Bonchev–Trinajstić information content (AvgIpc) is 2.62. The normalized spacial score (nSPS) is 14.5. The van der Waals surface area contributed by atoms with Crippen LogP contribution in [0.1, 0.15) is 10.4 Å². The first kappa shape index (κ1) is 17.2. The van der Waals surface area contributed by atoms with Crippen molar-refractivity contribution in [2.75, 3.05) is 36.5 Å². The molecule has 1 aliphatic heterocycles. The topological polar surface area (TPSA) is 41.6 Å². The zero-order valence-electron chi connectivity index (χ0n) is 13.0. The van der Waals surface area contributed by atoms with Gasteiger partial charge in [0.1, 0.15) is 5.82 Å². The summed E-state index contributed by atoms with van der Waals surface area (Å²) in [6.45, 7) is 2.27. The van der Waals surface area contributed by atoms with Gasteiger partial charge in [0.2, 0.25) is 0 Å². The fraction of sp³-hybridized carbons (Fsp3) is 0.235. The number of morpholine rings is 1. The van der Waals surface area contributed by atoms with E-state index in [1.54, 1.807) is 6.07 Å². The highest BCUT2D eigenvalue weighted by Gasteiger charge is 2.20. The molecule has 132 valence electrons. The zero-order valence-corrected chi connectivity index (χ0v) is 13.0. The molecular formula is C17H14F4N2O2. The highest BCUT2D eigenvalue weighted by atomic mass is 19.2. The van der Waals surface area contributed by atoms with Gasteiger partial charge in [-0.2, -0.15) is 0 Å². The van der Waals surface area contributed by atoms with Gasteiger partial charge < -0.3 is 15.0 Å². The number of halogens is 4. The number of carbonyl (C=O) groups excluding carboxylic acids is 1. The number of carbonyl (C=O) groups is 1. The lowest BCUT2D eigenvalue weighted by Gasteiger charge is -2.29. The SMILES string of the molecule is O=C(Nc1cc(N2CCOCC2)ccc1F)c1ccc(F)c(F)c1F. The van der Waals surface area contributed by atoms with E-state index in [4.69, 9.17) is 4.74 Å². The van der Waals surface area contributed by atoms with Crippen molar-refractivity contribution in [1.82, 2.24) is 0 Å². The molecule has 2 aromatic carbocycles. The van der Waals surface area contributed by atoms with Crippen LogP contribution in [0.4, 0.5) is 28.9 Å². The van der Waals surface area contributed by atoms with Crippen LogP contribution in [-0.2, 0) is 4.74 Å². The van der Waals surface area contributed by atoms with E-state index in [1.165, 1.54) is 12.1 Å². The predicted molar refractivity (Wildman–Crippen MR) is 83.7 cm³/mol. The molecule has 0 aliphatic carbocycles. The van der Waals surface area contributed by atoms with Crippen molar-refractivity contribution in [2.45, 2.75) is 0 Å². The van der Waals surface area contributed by atoms with Gasteiger partial charge in [0.05, 0.1) is 24.5 Å². The second kappa shape index (κ2) is 7.10. The Morgan fingerprint density at radius 1 is 0.960 bits per heavy atom. The first-order valence-corrected chi connectivity index (χ1v) is 7.54. The van der Waals surface area contributed by atoms with Crippen molar-refractivity contribution in [2.24, 2.45) is 0 Å². The number of nitrogens with one attached hydrogen (secondary N) is 1. The number of hydrogen-bond donors (Lipinski definition) is 1. The Morgan fingerprint density at radius 3 is 2.36 bits per heavy atom. The smallest absolute Gasteiger partial charge is 0.258 e. The standard InChI is InChI=1S/C17H14F4N2O2/c18-12-3-1-10(23-5-7-25-8-6-23)9-14(12)22-17(24)11-2-4-13(19)16(21)15(11)20/h1-4,9H,5-8H2,(H,22,24). The number of rotatable bonds is 3. The van der Waals surface area contributed by atoms with Crippen molar-refractivity contribution in [3.05, 3.63) is 59.2 Å². The summed E-state index contributed by atoms with van der Waals surface area (Å²) in [5, 5.41) is 2.19. The van der Waals surface area contributed by atoms with Gasteiger partial charge in [-0.25, -0.2) is 17.6 Å². The Labute approximate surface area is 141 Å². The van der Waals surface area contributed by atoms with Crippen molar-refractivity contribution >= 4 is 17.3 Å². The molecular weight excluding hydrogens is 340 g/mol. The Morgan fingerprint density at radius 2 is 1.64 bits per heavy atom. The third-order valence-corrected chi connectivity index (χ3v) is 3.85. The van der Waals surface area contributed by atoms with Gasteiger partial charge in [-0.1, -0.05) is 0 Å². The van der Waals surface area contributed by atoms with E-state index in [0.717, 1.165) is 6.07 Å². The lowest BCUT2D eigenvalue weighted by molar-refractivity contribution is 0.102. The second-order valence-electron chi connectivity index (χ2n) is 5.44. The molecule has 25 heavy (non-hydrogen) atoms. The molecule has 1 saturated heterocycles. The van der Waals surface area contributed by atoms with E-state index in [-0.39, 0.29) is 5.69 Å². The van der Waals surface area contributed by atoms with Gasteiger partial charge in [-0.05, 0) is 30.3 Å². The number of ether oxygens (including phenoxy) is 1. The molecule has 8 heteroatoms. The maximum atomic E-state index is 14.0. The molecule has 0 atom stereocenters. The summed E-state index contributed by atoms with van der Waals surface area (Å²) in [6, 6.07) is 5.55. The third kappa shape index (κ3) is 3.58. The molecule has 0 unspecified atom stereocenters. The van der Waals surface area contributed by atoms with Crippen LogP contribution >= 0.6 is 0 Å². The fourth-order valence-electron chi connectivity index (χ4n) is 2.52. The van der Waals surface area contributed by atoms with Crippen LogP contribution in [0.5, 0.6) is 0 Å². The fourth-order valence-corrected chi connectivity index (χ4v) is 2.52. The molecule has 0 spiro atoms. The molecule has 2 aromatic rings. The van der Waals surface area contributed by atoms with Crippen molar-refractivity contribution in [1.29, 1.82) is 0 Å². The molecule has 1 heterocycles. The molecule has 1 N–H and O–H groups in total. The minimum Gasteiger partial charge on any atom is -0.378 e. The van der Waals surface area contributed by atoms with Crippen LogP contribution in [-0.4, -0.2) is 32.2 Å². The van der Waals surface area contributed by atoms with E-state index < -0.39 is 34.7 Å². The molecule has 1 aliphatic rings. The van der Waals surface area contributed by atoms with E-state index in [9.17, 15) is 22.4 Å². The number of benzene rings is 2. The first-order valence-electron chi connectivity index (χ1n) is 7.54. The summed E-state index contributed by atoms with van der Waals surface area (Å²) in [6.07, 6.45) is 0. The van der Waals surface area contributed by atoms with E-state index in [1.807, 2.05) is 4.90 Å². The van der Waals surface area contributed by atoms with E-state index in [0.29, 0.717) is 38.1 Å². The maximum absolute atomic E-state index is 14.0. The molecule has 1 fully saturated rings.